The molecule has 2 heterocycles. The summed E-state index contributed by atoms with van der Waals surface area (Å²) in [4.78, 5) is 6.90. The van der Waals surface area contributed by atoms with Gasteiger partial charge in [-0.15, -0.1) is 0 Å². The Hall–Kier alpha value is -0.970. The molecule has 1 aliphatic rings. The van der Waals surface area contributed by atoms with Gasteiger partial charge in [-0.3, -0.25) is 9.88 Å². The predicted molar refractivity (Wildman–Crippen MR) is 90.5 cm³/mol. The van der Waals surface area contributed by atoms with Crippen LogP contribution in [0.1, 0.15) is 39.3 Å². The molecule has 4 nitrogen and oxygen atoms in total. The lowest BCUT2D eigenvalue weighted by Gasteiger charge is -2.38. The molecule has 0 saturated carbocycles. The van der Waals surface area contributed by atoms with Crippen LogP contribution in [0, 0.1) is 11.8 Å². The van der Waals surface area contributed by atoms with Gasteiger partial charge < -0.3 is 10.4 Å². The van der Waals surface area contributed by atoms with E-state index < -0.39 is 0 Å². The highest BCUT2D eigenvalue weighted by molar-refractivity contribution is 5.03. The van der Waals surface area contributed by atoms with Gasteiger partial charge in [0.2, 0.25) is 0 Å². The monoisotopic (exact) mass is 305 g/mol. The summed E-state index contributed by atoms with van der Waals surface area (Å²) in [5, 5.41) is 13.7. The summed E-state index contributed by atoms with van der Waals surface area (Å²) in [6.45, 7) is 10.4. The standard InChI is InChI=1S/C18H31N3O/c1-4-14(2)18(22)11-20-17-8-10-21(12-15(17)3)13-16-7-5-6-9-19-16/h5-7,9,14-15,17-18,20,22H,4,8,10-13H2,1-3H3. The van der Waals surface area contributed by atoms with Gasteiger partial charge in [-0.25, -0.2) is 0 Å². The Morgan fingerprint density at radius 3 is 2.91 bits per heavy atom. The minimum atomic E-state index is -0.233. The van der Waals surface area contributed by atoms with Crippen LogP contribution in [0.5, 0.6) is 0 Å². The van der Waals surface area contributed by atoms with Crippen molar-refractivity contribution in [2.75, 3.05) is 19.6 Å². The van der Waals surface area contributed by atoms with E-state index in [4.69, 9.17) is 0 Å². The number of aromatic nitrogens is 1. The van der Waals surface area contributed by atoms with E-state index in [1.165, 1.54) is 0 Å². The number of aliphatic hydroxyl groups excluding tert-OH is 1. The van der Waals surface area contributed by atoms with Crippen LogP contribution in [-0.4, -0.2) is 46.8 Å². The van der Waals surface area contributed by atoms with Gasteiger partial charge in [-0.1, -0.05) is 33.3 Å². The highest BCUT2D eigenvalue weighted by atomic mass is 16.3. The van der Waals surface area contributed by atoms with Crippen molar-refractivity contribution >= 4 is 0 Å². The zero-order valence-corrected chi connectivity index (χ0v) is 14.2. The Labute approximate surface area is 134 Å². The normalized spacial score (nSPS) is 25.8. The van der Waals surface area contributed by atoms with E-state index in [-0.39, 0.29) is 6.10 Å². The molecule has 124 valence electrons. The third-order valence-corrected chi connectivity index (χ3v) is 4.99. The molecule has 0 radical (unpaired) electrons. The number of pyridine rings is 1. The summed E-state index contributed by atoms with van der Waals surface area (Å²) in [5.74, 6) is 0.966. The number of nitrogens with zero attached hydrogens (tertiary/aromatic N) is 2. The van der Waals surface area contributed by atoms with Crippen molar-refractivity contribution in [1.29, 1.82) is 0 Å². The van der Waals surface area contributed by atoms with Crippen molar-refractivity contribution in [3.63, 3.8) is 0 Å². The van der Waals surface area contributed by atoms with Gasteiger partial charge in [0, 0.05) is 38.4 Å². The lowest BCUT2D eigenvalue weighted by molar-refractivity contribution is 0.0909. The molecule has 0 amide bonds. The van der Waals surface area contributed by atoms with E-state index >= 15 is 0 Å². The summed E-state index contributed by atoms with van der Waals surface area (Å²) in [6.07, 6.45) is 3.80. The van der Waals surface area contributed by atoms with Crippen molar-refractivity contribution in [1.82, 2.24) is 15.2 Å². The molecular weight excluding hydrogens is 274 g/mol. The Morgan fingerprint density at radius 2 is 2.27 bits per heavy atom. The van der Waals surface area contributed by atoms with Crippen LogP contribution in [-0.2, 0) is 6.54 Å². The average molecular weight is 305 g/mol. The Morgan fingerprint density at radius 1 is 1.45 bits per heavy atom. The van der Waals surface area contributed by atoms with Crippen LogP contribution in [0.4, 0.5) is 0 Å². The smallest absolute Gasteiger partial charge is 0.0690 e. The van der Waals surface area contributed by atoms with E-state index in [2.05, 4.69) is 48.1 Å². The maximum absolute atomic E-state index is 10.1. The first kappa shape index (κ1) is 17.4. The molecule has 4 heteroatoms. The Balaban J connectivity index is 1.75. The summed E-state index contributed by atoms with van der Waals surface area (Å²) >= 11 is 0. The molecule has 0 aliphatic carbocycles. The number of nitrogens with one attached hydrogen (secondary N) is 1. The fraction of sp³-hybridized carbons (Fsp3) is 0.722. The molecule has 1 fully saturated rings. The minimum Gasteiger partial charge on any atom is -0.392 e. The summed E-state index contributed by atoms with van der Waals surface area (Å²) in [5.41, 5.74) is 1.15. The van der Waals surface area contributed by atoms with Gasteiger partial charge in [0.15, 0.2) is 0 Å². The third kappa shape index (κ3) is 5.04. The molecule has 1 aromatic heterocycles. The van der Waals surface area contributed by atoms with Crippen molar-refractivity contribution < 1.29 is 5.11 Å². The number of rotatable bonds is 7. The predicted octanol–water partition coefficient (Wildman–Crippen LogP) is 2.29. The van der Waals surface area contributed by atoms with Crippen LogP contribution < -0.4 is 5.32 Å². The van der Waals surface area contributed by atoms with Gasteiger partial charge in [0.05, 0.1) is 11.8 Å². The summed E-state index contributed by atoms with van der Waals surface area (Å²) in [6, 6.07) is 6.62. The highest BCUT2D eigenvalue weighted by Crippen LogP contribution is 2.19. The zero-order valence-electron chi connectivity index (χ0n) is 14.2. The second-order valence-corrected chi connectivity index (χ2v) is 6.79. The van der Waals surface area contributed by atoms with Crippen molar-refractivity contribution in [2.45, 2.75) is 52.3 Å². The lowest BCUT2D eigenvalue weighted by Crippen LogP contribution is -2.50. The van der Waals surface area contributed by atoms with E-state index in [1.807, 2.05) is 12.3 Å². The van der Waals surface area contributed by atoms with Crippen LogP contribution in [0.2, 0.25) is 0 Å². The van der Waals surface area contributed by atoms with Gasteiger partial charge in [-0.05, 0) is 30.4 Å². The molecule has 2 N–H and O–H groups in total. The number of likely N-dealkylation sites (tertiary alicyclic amines) is 1. The second-order valence-electron chi connectivity index (χ2n) is 6.79. The van der Waals surface area contributed by atoms with E-state index in [9.17, 15) is 5.11 Å². The maximum Gasteiger partial charge on any atom is 0.0690 e. The molecule has 1 saturated heterocycles. The van der Waals surface area contributed by atoms with Gasteiger partial charge in [0.25, 0.3) is 0 Å². The van der Waals surface area contributed by atoms with Crippen molar-refractivity contribution in [2.24, 2.45) is 11.8 Å². The fourth-order valence-electron chi connectivity index (χ4n) is 3.14. The topological polar surface area (TPSA) is 48.4 Å². The average Bonchev–Trinajstić information content (AvgIpc) is 2.54. The van der Waals surface area contributed by atoms with Crippen LogP contribution in [0.15, 0.2) is 24.4 Å². The van der Waals surface area contributed by atoms with Gasteiger partial charge in [-0.2, -0.15) is 0 Å². The second kappa shape index (κ2) is 8.61. The first-order chi connectivity index (χ1) is 10.6. The highest BCUT2D eigenvalue weighted by Gasteiger charge is 2.26. The number of hydrogen-bond acceptors (Lipinski definition) is 4. The molecule has 1 aromatic rings. The van der Waals surface area contributed by atoms with Gasteiger partial charge >= 0.3 is 0 Å². The molecule has 4 atom stereocenters. The minimum absolute atomic E-state index is 0.233. The van der Waals surface area contributed by atoms with E-state index in [0.717, 1.165) is 38.2 Å². The van der Waals surface area contributed by atoms with Gasteiger partial charge in [0.1, 0.15) is 0 Å². The van der Waals surface area contributed by atoms with Crippen LogP contribution >= 0.6 is 0 Å². The lowest BCUT2D eigenvalue weighted by atomic mass is 9.93. The molecule has 4 unspecified atom stereocenters. The Bertz CT molecular complexity index is 426. The summed E-state index contributed by atoms with van der Waals surface area (Å²) in [7, 11) is 0. The Kier molecular flexibility index (Phi) is 6.80. The first-order valence-corrected chi connectivity index (χ1v) is 8.63. The van der Waals surface area contributed by atoms with Crippen molar-refractivity contribution in [3.8, 4) is 0 Å². The van der Waals surface area contributed by atoms with Crippen LogP contribution in [0.25, 0.3) is 0 Å². The molecule has 2 rings (SSSR count). The SMILES string of the molecule is CCC(C)C(O)CNC1CCN(Cc2ccccn2)CC1C. The fourth-order valence-corrected chi connectivity index (χ4v) is 3.14. The summed E-state index contributed by atoms with van der Waals surface area (Å²) < 4.78 is 0. The molecule has 1 aliphatic heterocycles. The quantitative estimate of drug-likeness (QED) is 0.811. The zero-order chi connectivity index (χ0) is 15.9. The van der Waals surface area contributed by atoms with E-state index in [1.54, 1.807) is 0 Å². The number of hydrogen-bond donors (Lipinski definition) is 2. The van der Waals surface area contributed by atoms with Crippen molar-refractivity contribution in [3.05, 3.63) is 30.1 Å². The maximum atomic E-state index is 10.1. The molecule has 0 bridgehead atoms. The largest absolute Gasteiger partial charge is 0.392 e. The van der Waals surface area contributed by atoms with E-state index in [0.29, 0.717) is 24.4 Å². The molecule has 0 spiro atoms. The molecule has 0 aromatic carbocycles. The number of piperidine rings is 1. The van der Waals surface area contributed by atoms with Crippen LogP contribution in [0.3, 0.4) is 0 Å². The third-order valence-electron chi connectivity index (χ3n) is 4.99. The molecule has 22 heavy (non-hydrogen) atoms. The number of aliphatic hydroxyl groups is 1. The first-order valence-electron chi connectivity index (χ1n) is 8.63. The molecular formula is C18H31N3O.